The van der Waals surface area contributed by atoms with Crippen molar-refractivity contribution < 1.29 is 44.2 Å². The van der Waals surface area contributed by atoms with Crippen LogP contribution >= 0.6 is 15.9 Å². The summed E-state index contributed by atoms with van der Waals surface area (Å²) in [6.07, 6.45) is 14.5. The summed E-state index contributed by atoms with van der Waals surface area (Å²) in [5.74, 6) is -1.57. The van der Waals surface area contributed by atoms with Gasteiger partial charge < -0.3 is 24.6 Å². The summed E-state index contributed by atoms with van der Waals surface area (Å²) in [5, 5.41) is 34.0. The van der Waals surface area contributed by atoms with Gasteiger partial charge in [-0.2, -0.15) is 0 Å². The maximum atomic E-state index is 13.0. The molecular weight excluding hydrogens is 1240 g/mol. The fourth-order valence-corrected chi connectivity index (χ4v) is 9.70. The van der Waals surface area contributed by atoms with Gasteiger partial charge in [0.1, 0.15) is 0 Å². The zero-order chi connectivity index (χ0) is 65.5. The van der Waals surface area contributed by atoms with Gasteiger partial charge in [-0.3, -0.25) is 53.0 Å². The van der Waals surface area contributed by atoms with E-state index in [1.807, 2.05) is 97.1 Å². The van der Waals surface area contributed by atoms with Crippen molar-refractivity contribution in [1.29, 1.82) is 0 Å². The van der Waals surface area contributed by atoms with Gasteiger partial charge in [0, 0.05) is 54.3 Å². The Balaban J connectivity index is 0.000000164. The summed E-state index contributed by atoms with van der Waals surface area (Å²) in [4.78, 5) is 98.8. The minimum atomic E-state index is -1.38. The minimum Gasteiger partial charge on any atom is -0.462 e. The lowest BCUT2D eigenvalue weighted by Crippen LogP contribution is -2.29. The molecular formula is C68H60BBrN10O12. The van der Waals surface area contributed by atoms with E-state index >= 15 is 0 Å². The van der Waals surface area contributed by atoms with Crippen molar-refractivity contribution in [3.63, 3.8) is 0 Å². The number of nitrogens with zero attached hydrogens (tertiary/aromatic N) is 9. The molecule has 24 heteroatoms. The summed E-state index contributed by atoms with van der Waals surface area (Å²) in [5.41, 5.74) is 10.9. The predicted molar refractivity (Wildman–Crippen MR) is 352 cm³/mol. The number of aromatic nitrogens is 9. The highest BCUT2D eigenvalue weighted by molar-refractivity contribution is 9.10. The van der Waals surface area contributed by atoms with E-state index in [0.717, 1.165) is 50.5 Å². The molecule has 0 saturated heterocycles. The Hall–Kier alpha value is -11.0. The van der Waals surface area contributed by atoms with Crippen molar-refractivity contribution >= 4 is 79.1 Å². The topological polar surface area (TPSA) is 306 Å². The maximum Gasteiger partial charge on any atom is 0.488 e. The average molecular weight is 1300 g/mol. The van der Waals surface area contributed by atoms with Crippen LogP contribution in [-0.2, 0) is 29.1 Å². The van der Waals surface area contributed by atoms with Crippen molar-refractivity contribution in [2.75, 3.05) is 20.3 Å². The van der Waals surface area contributed by atoms with Crippen LogP contribution in [0.4, 0.5) is 0 Å². The highest BCUT2D eigenvalue weighted by atomic mass is 79.9. The van der Waals surface area contributed by atoms with Crippen molar-refractivity contribution in [1.82, 2.24) is 49.1 Å². The van der Waals surface area contributed by atoms with E-state index in [1.165, 1.54) is 52.6 Å². The molecule has 0 aliphatic heterocycles. The van der Waals surface area contributed by atoms with Crippen LogP contribution in [0.5, 0.6) is 0 Å². The third-order valence-electron chi connectivity index (χ3n) is 13.7. The van der Waals surface area contributed by atoms with Gasteiger partial charge in [-0.1, -0.05) is 64.5 Å². The monoisotopic (exact) mass is 1300 g/mol. The SMILES string of the molecule is CCOC(=O)c1ccc2ncn(Cc3cccc(-c4ccncc4)c3)c(=O)c2c1.CCOC(=O)c1ccc2ncn(Cc3cccc(Br)c3)c(=O)c2c1.CO.O=C(NO)c1ccc2ncn(Cc3cccc(-c4ccncc4)c3)c(=O)c2c1.OB(O)c1ccncc1. The maximum absolute atomic E-state index is 13.0. The van der Waals surface area contributed by atoms with Gasteiger partial charge in [-0.25, -0.2) is 30.0 Å². The summed E-state index contributed by atoms with van der Waals surface area (Å²) in [6, 6.07) is 48.6. The molecule has 0 radical (unpaired) electrons. The normalized spacial score (nSPS) is 10.4. The zero-order valence-electron chi connectivity index (χ0n) is 49.9. The molecule has 22 nitrogen and oxygen atoms in total. The molecule has 0 aliphatic carbocycles. The van der Waals surface area contributed by atoms with E-state index < -0.39 is 25.0 Å². The molecule has 12 rings (SSSR count). The van der Waals surface area contributed by atoms with E-state index in [9.17, 15) is 28.8 Å². The summed E-state index contributed by atoms with van der Waals surface area (Å²) >= 11 is 3.42. The molecule has 0 unspecified atom stereocenters. The number of carbonyl (C=O) groups excluding carboxylic acids is 3. The van der Waals surface area contributed by atoms with Crippen LogP contribution in [0.25, 0.3) is 55.0 Å². The van der Waals surface area contributed by atoms with Gasteiger partial charge in [0.2, 0.25) is 0 Å². The number of ether oxygens (including phenoxy) is 2. The molecule has 6 aromatic heterocycles. The zero-order valence-corrected chi connectivity index (χ0v) is 51.4. The van der Waals surface area contributed by atoms with E-state index in [2.05, 4.69) is 45.8 Å². The first-order valence-corrected chi connectivity index (χ1v) is 29.2. The molecule has 0 aliphatic rings. The van der Waals surface area contributed by atoms with E-state index in [-0.39, 0.29) is 35.5 Å². The lowest BCUT2D eigenvalue weighted by molar-refractivity contribution is 0.0517. The van der Waals surface area contributed by atoms with Gasteiger partial charge >= 0.3 is 19.1 Å². The number of hydroxylamine groups is 1. The molecule has 0 atom stereocenters. The molecule has 0 fully saturated rings. The lowest BCUT2D eigenvalue weighted by Gasteiger charge is -2.09. The molecule has 1 amide bonds. The van der Waals surface area contributed by atoms with E-state index in [0.29, 0.717) is 68.9 Å². The number of rotatable bonds is 14. The van der Waals surface area contributed by atoms with Crippen LogP contribution in [0.3, 0.4) is 0 Å². The Bertz CT molecular complexity index is 4700. The Morgan fingerprint density at radius 2 is 0.826 bits per heavy atom. The molecule has 92 heavy (non-hydrogen) atoms. The molecule has 6 aromatic carbocycles. The number of carbonyl (C=O) groups is 3. The number of amides is 1. The Morgan fingerprint density at radius 1 is 0.467 bits per heavy atom. The Kier molecular flexibility index (Phi) is 24.0. The molecule has 464 valence electrons. The molecule has 6 heterocycles. The van der Waals surface area contributed by atoms with Crippen molar-refractivity contribution in [3.8, 4) is 22.3 Å². The highest BCUT2D eigenvalue weighted by Gasteiger charge is 2.15. The minimum absolute atomic E-state index is 0.186. The van der Waals surface area contributed by atoms with E-state index in [4.69, 9.17) is 29.8 Å². The van der Waals surface area contributed by atoms with Crippen LogP contribution in [-0.4, -0.2) is 109 Å². The van der Waals surface area contributed by atoms with Gasteiger partial charge in [0.15, 0.2) is 0 Å². The van der Waals surface area contributed by atoms with Crippen LogP contribution in [0.15, 0.2) is 239 Å². The second-order valence-electron chi connectivity index (χ2n) is 19.8. The Morgan fingerprint density at radius 3 is 1.18 bits per heavy atom. The van der Waals surface area contributed by atoms with Crippen molar-refractivity contribution in [2.45, 2.75) is 33.5 Å². The van der Waals surface area contributed by atoms with Crippen LogP contribution < -0.4 is 27.6 Å². The number of fused-ring (bicyclic) bond motifs is 3. The standard InChI is InChI=1S/C23H19N3O3.C21H16N4O3.C18H15BrN2O3.C5H6BNO2.CH4O/c1-2-29-23(28)19-6-7-21-20(13-19)22(27)26(15-25-21)14-16-4-3-5-18(12-16)17-8-10-24-11-9-17;26-20(24-28)17-4-5-19-18(11-17)21(27)25(13-23-19)12-14-2-1-3-16(10-14)15-6-8-22-9-7-15;1-2-24-18(23)13-6-7-16-15(9-13)17(22)21(11-20-16)10-12-4-3-5-14(19)8-12;8-6(9)5-1-3-7-4-2-5;1-2/h3-13,15H,2,14H2,1H3;1-11,13,28H,12H2,(H,24,26);3-9,11H,2,10H2,1H3;1-4,8-9H;2H,1H3. The third kappa shape index (κ3) is 17.6. The predicted octanol–water partition coefficient (Wildman–Crippen LogP) is 8.06. The number of esters is 2. The second kappa shape index (κ2) is 33.0. The number of hydrogen-bond donors (Lipinski definition) is 5. The quantitative estimate of drug-likeness (QED) is 0.0297. The number of aliphatic hydroxyl groups excluding tert-OH is 1. The molecule has 0 saturated carbocycles. The fraction of sp³-hybridized carbons (Fsp3) is 0.118. The largest absolute Gasteiger partial charge is 0.488 e. The number of nitrogens with one attached hydrogen (secondary N) is 1. The van der Waals surface area contributed by atoms with E-state index in [1.54, 1.807) is 103 Å². The Labute approximate surface area is 534 Å². The smallest absolute Gasteiger partial charge is 0.462 e. The number of hydrogen-bond acceptors (Lipinski definition) is 18. The second-order valence-corrected chi connectivity index (χ2v) is 20.7. The number of aliphatic hydroxyl groups is 1. The van der Waals surface area contributed by atoms with Gasteiger partial charge in [0.05, 0.1) is 95.7 Å². The van der Waals surface area contributed by atoms with Crippen molar-refractivity contribution in [2.24, 2.45) is 0 Å². The first kappa shape index (κ1) is 66.9. The van der Waals surface area contributed by atoms with Gasteiger partial charge in [0.25, 0.3) is 22.6 Å². The molecule has 12 aromatic rings. The number of halogens is 1. The molecule has 5 N–H and O–H groups in total. The highest BCUT2D eigenvalue weighted by Crippen LogP contribution is 2.23. The summed E-state index contributed by atoms with van der Waals surface area (Å²) < 4.78 is 15.5. The van der Waals surface area contributed by atoms with Gasteiger partial charge in [-0.05, 0) is 174 Å². The van der Waals surface area contributed by atoms with Crippen molar-refractivity contribution in [3.05, 3.63) is 289 Å². The van der Waals surface area contributed by atoms with Crippen LogP contribution in [0, 0.1) is 0 Å². The molecule has 0 bridgehead atoms. The third-order valence-corrected chi connectivity index (χ3v) is 14.2. The first-order chi connectivity index (χ1) is 44.7. The summed E-state index contributed by atoms with van der Waals surface area (Å²) in [7, 11) is -0.381. The van der Waals surface area contributed by atoms with Gasteiger partial charge in [-0.15, -0.1) is 0 Å². The summed E-state index contributed by atoms with van der Waals surface area (Å²) in [6.45, 7) is 5.18. The van der Waals surface area contributed by atoms with Crippen LogP contribution in [0.2, 0.25) is 0 Å². The lowest BCUT2D eigenvalue weighted by atomic mass is 9.81. The fourth-order valence-electron chi connectivity index (χ4n) is 9.25. The number of benzene rings is 6. The molecule has 0 spiro atoms. The van der Waals surface area contributed by atoms with Crippen LogP contribution in [0.1, 0.15) is 61.6 Å². The average Bonchev–Trinajstić information content (AvgIpc) is 0.838. The first-order valence-electron chi connectivity index (χ1n) is 28.4. The number of pyridine rings is 3.